The summed E-state index contributed by atoms with van der Waals surface area (Å²) < 4.78 is 1.91. The molecular weight excluding hydrogens is 320 g/mol. The molecule has 1 aliphatic rings. The molecule has 0 radical (unpaired) electrons. The number of anilines is 3. The molecule has 4 rings (SSSR count). The highest BCUT2D eigenvalue weighted by Crippen LogP contribution is 2.27. The number of benzene rings is 1. The van der Waals surface area contributed by atoms with Crippen molar-refractivity contribution in [1.82, 2.24) is 14.5 Å². The fourth-order valence-corrected chi connectivity index (χ4v) is 2.80. The van der Waals surface area contributed by atoms with Gasteiger partial charge in [0.05, 0.1) is 35.2 Å². The van der Waals surface area contributed by atoms with E-state index in [1.807, 2.05) is 29.8 Å². The van der Waals surface area contributed by atoms with Gasteiger partial charge in [-0.1, -0.05) is 0 Å². The van der Waals surface area contributed by atoms with E-state index < -0.39 is 0 Å². The lowest BCUT2D eigenvalue weighted by Crippen LogP contribution is -2.37. The number of hydrogen-bond acceptors (Lipinski definition) is 5. The van der Waals surface area contributed by atoms with Crippen LogP contribution in [0, 0.1) is 0 Å². The van der Waals surface area contributed by atoms with Crippen LogP contribution in [0.15, 0.2) is 36.8 Å². The molecule has 126 valence electrons. The average molecular weight is 336 g/mol. The summed E-state index contributed by atoms with van der Waals surface area (Å²) >= 11 is 0. The van der Waals surface area contributed by atoms with Gasteiger partial charge in [-0.15, -0.1) is 0 Å². The number of aryl methyl sites for hydroxylation is 1. The lowest BCUT2D eigenvalue weighted by Gasteiger charge is -2.26. The summed E-state index contributed by atoms with van der Waals surface area (Å²) in [5.74, 6) is 0.220. The second-order valence-electron chi connectivity index (χ2n) is 5.91. The van der Waals surface area contributed by atoms with Gasteiger partial charge in [0.15, 0.2) is 0 Å². The van der Waals surface area contributed by atoms with Crippen LogP contribution in [-0.4, -0.2) is 39.9 Å². The molecule has 1 aromatic carbocycles. The van der Waals surface area contributed by atoms with Gasteiger partial charge in [-0.05, 0) is 24.3 Å². The van der Waals surface area contributed by atoms with Crippen molar-refractivity contribution in [3.63, 3.8) is 0 Å². The van der Waals surface area contributed by atoms with Gasteiger partial charge in [0, 0.05) is 26.0 Å². The Morgan fingerprint density at radius 3 is 2.92 bits per heavy atom. The van der Waals surface area contributed by atoms with Crippen molar-refractivity contribution in [3.8, 4) is 0 Å². The average Bonchev–Trinajstić information content (AvgIpc) is 2.98. The number of imidazole rings is 1. The van der Waals surface area contributed by atoms with E-state index in [2.05, 4.69) is 20.6 Å². The van der Waals surface area contributed by atoms with Crippen LogP contribution >= 0.6 is 0 Å². The summed E-state index contributed by atoms with van der Waals surface area (Å²) in [5.41, 5.74) is 3.40. The Bertz CT molecular complexity index is 1010. The number of hydrogen-bond donors (Lipinski definition) is 2. The minimum atomic E-state index is -0.294. The van der Waals surface area contributed by atoms with Crippen molar-refractivity contribution in [3.05, 3.63) is 42.4 Å². The van der Waals surface area contributed by atoms with E-state index in [0.29, 0.717) is 22.8 Å². The van der Waals surface area contributed by atoms with E-state index in [1.54, 1.807) is 19.4 Å². The lowest BCUT2D eigenvalue weighted by molar-refractivity contribution is -0.116. The largest absolute Gasteiger partial charge is 0.359 e. The summed E-state index contributed by atoms with van der Waals surface area (Å²) in [6, 6.07) is 7.20. The smallest absolute Gasteiger partial charge is 0.257 e. The Balaban J connectivity index is 1.61. The second-order valence-corrected chi connectivity index (χ2v) is 5.91. The maximum Gasteiger partial charge on any atom is 0.257 e. The van der Waals surface area contributed by atoms with Crippen molar-refractivity contribution in [2.45, 2.75) is 0 Å². The third-order valence-electron chi connectivity index (χ3n) is 4.26. The normalized spacial score (nSPS) is 13.5. The molecule has 0 aliphatic carbocycles. The number of pyridine rings is 1. The number of aromatic nitrogens is 3. The van der Waals surface area contributed by atoms with Crippen LogP contribution in [-0.2, 0) is 11.8 Å². The first kappa shape index (κ1) is 15.1. The van der Waals surface area contributed by atoms with Crippen LogP contribution in [0.4, 0.5) is 17.2 Å². The van der Waals surface area contributed by atoms with E-state index in [0.717, 1.165) is 11.0 Å². The van der Waals surface area contributed by atoms with Gasteiger partial charge >= 0.3 is 0 Å². The predicted molar refractivity (Wildman–Crippen MR) is 94.8 cm³/mol. The second kappa shape index (κ2) is 5.59. The van der Waals surface area contributed by atoms with Crippen LogP contribution in [0.3, 0.4) is 0 Å². The Hall–Kier alpha value is -3.42. The molecule has 2 amide bonds. The van der Waals surface area contributed by atoms with E-state index in [1.165, 1.54) is 11.1 Å². The van der Waals surface area contributed by atoms with Gasteiger partial charge in [-0.2, -0.15) is 0 Å². The highest BCUT2D eigenvalue weighted by atomic mass is 16.2. The Morgan fingerprint density at radius 1 is 1.24 bits per heavy atom. The van der Waals surface area contributed by atoms with Gasteiger partial charge in [-0.25, -0.2) is 9.97 Å². The van der Waals surface area contributed by atoms with Gasteiger partial charge in [0.2, 0.25) is 5.91 Å². The van der Waals surface area contributed by atoms with Crippen molar-refractivity contribution < 1.29 is 9.59 Å². The highest BCUT2D eigenvalue weighted by molar-refractivity contribution is 6.07. The van der Waals surface area contributed by atoms with Crippen LogP contribution in [0.5, 0.6) is 0 Å². The molecular formula is C17H16N6O2. The number of likely N-dealkylation sites (N-methyl/N-ethyl adjacent to an activating group) is 1. The number of nitrogens with zero attached hydrogens (tertiary/aromatic N) is 4. The summed E-state index contributed by atoms with van der Waals surface area (Å²) in [6.07, 6.45) is 3.22. The van der Waals surface area contributed by atoms with E-state index in [9.17, 15) is 9.59 Å². The number of carbonyl (C=O) groups excluding carboxylic acids is 2. The molecule has 0 bridgehead atoms. The van der Waals surface area contributed by atoms with Crippen molar-refractivity contribution in [2.24, 2.45) is 7.05 Å². The number of rotatable bonds is 2. The quantitative estimate of drug-likeness (QED) is 0.742. The molecule has 2 aromatic heterocycles. The highest BCUT2D eigenvalue weighted by Gasteiger charge is 2.23. The van der Waals surface area contributed by atoms with E-state index in [4.69, 9.17) is 0 Å². The predicted octanol–water partition coefficient (Wildman–Crippen LogP) is 1.61. The molecule has 0 saturated carbocycles. The fourth-order valence-electron chi connectivity index (χ4n) is 2.80. The lowest BCUT2D eigenvalue weighted by atomic mass is 10.2. The van der Waals surface area contributed by atoms with E-state index >= 15 is 0 Å². The van der Waals surface area contributed by atoms with E-state index in [-0.39, 0.29) is 18.4 Å². The molecule has 25 heavy (non-hydrogen) atoms. The van der Waals surface area contributed by atoms with Crippen LogP contribution in [0.1, 0.15) is 10.4 Å². The van der Waals surface area contributed by atoms with Crippen LogP contribution < -0.4 is 15.5 Å². The van der Waals surface area contributed by atoms with Crippen LogP contribution in [0.25, 0.3) is 11.0 Å². The molecule has 0 unspecified atom stereocenters. The third-order valence-corrected chi connectivity index (χ3v) is 4.26. The summed E-state index contributed by atoms with van der Waals surface area (Å²) in [7, 11) is 3.58. The first-order valence-electron chi connectivity index (χ1n) is 7.76. The minimum absolute atomic E-state index is 0.0764. The maximum atomic E-state index is 12.5. The molecule has 0 fully saturated rings. The molecule has 8 nitrogen and oxygen atoms in total. The molecule has 0 spiro atoms. The molecule has 3 aromatic rings. The summed E-state index contributed by atoms with van der Waals surface area (Å²) in [4.78, 5) is 34.3. The number of amides is 2. The zero-order valence-electron chi connectivity index (χ0n) is 13.8. The van der Waals surface area contributed by atoms with Gasteiger partial charge in [0.25, 0.3) is 5.91 Å². The topological polar surface area (TPSA) is 92.2 Å². The van der Waals surface area contributed by atoms with Crippen LogP contribution in [0.2, 0.25) is 0 Å². The molecule has 2 N–H and O–H groups in total. The van der Waals surface area contributed by atoms with Gasteiger partial charge < -0.3 is 20.1 Å². The number of nitrogens with one attached hydrogen (secondary N) is 2. The standard InChI is InChI=1S/C17H16N6O2/c1-22-9-20-12-6-11(3-4-13(12)22)21-17(25)10-5-14-16(18-7-10)19-8-15(24)23(14)2/h3-7,9H,8H2,1-2H3,(H,18,19)(H,21,25). The maximum absolute atomic E-state index is 12.5. The van der Waals surface area contributed by atoms with Crippen molar-refractivity contribution in [1.29, 1.82) is 0 Å². The summed E-state index contributed by atoms with van der Waals surface area (Å²) in [6.45, 7) is 0.201. The zero-order valence-corrected chi connectivity index (χ0v) is 13.8. The first-order chi connectivity index (χ1) is 12.0. The summed E-state index contributed by atoms with van der Waals surface area (Å²) in [5, 5.41) is 5.78. The Kier molecular flexibility index (Phi) is 3.38. The minimum Gasteiger partial charge on any atom is -0.359 e. The zero-order chi connectivity index (χ0) is 17.6. The molecule has 0 atom stereocenters. The number of carbonyl (C=O) groups is 2. The Labute approximate surface area is 143 Å². The SMILES string of the molecule is CN1C(=O)CNc2ncc(C(=O)Nc3ccc4c(c3)ncn4C)cc21. The first-order valence-corrected chi connectivity index (χ1v) is 7.76. The van der Waals surface area contributed by atoms with Gasteiger partial charge in [0.1, 0.15) is 5.82 Å². The monoisotopic (exact) mass is 336 g/mol. The van der Waals surface area contributed by atoms with Crippen molar-refractivity contribution in [2.75, 3.05) is 29.1 Å². The number of fused-ring (bicyclic) bond motifs is 2. The molecule has 3 heterocycles. The Morgan fingerprint density at radius 2 is 2.08 bits per heavy atom. The molecule has 8 heteroatoms. The fraction of sp³-hybridized carbons (Fsp3) is 0.176. The van der Waals surface area contributed by atoms with Crippen molar-refractivity contribution >= 4 is 40.0 Å². The van der Waals surface area contributed by atoms with Gasteiger partial charge in [-0.3, -0.25) is 9.59 Å². The molecule has 1 aliphatic heterocycles. The third kappa shape index (κ3) is 2.57. The molecule has 0 saturated heterocycles.